The van der Waals surface area contributed by atoms with Crippen LogP contribution in [-0.2, 0) is 9.53 Å². The molecule has 0 aromatic heterocycles. The van der Waals surface area contributed by atoms with Crippen LogP contribution in [0.3, 0.4) is 0 Å². The predicted molar refractivity (Wildman–Crippen MR) is 105 cm³/mol. The number of carboxylic acids is 1. The van der Waals surface area contributed by atoms with Crippen molar-refractivity contribution in [1.29, 1.82) is 0 Å². The number of benzene rings is 1. The van der Waals surface area contributed by atoms with E-state index in [-0.39, 0.29) is 25.4 Å². The molecule has 154 valence electrons. The number of rotatable bonds is 11. The summed E-state index contributed by atoms with van der Waals surface area (Å²) in [5.74, 6) is -2.23. The maximum absolute atomic E-state index is 12.4. The van der Waals surface area contributed by atoms with Gasteiger partial charge < -0.3 is 20.1 Å². The Kier molecular flexibility index (Phi) is 9.17. The van der Waals surface area contributed by atoms with Crippen molar-refractivity contribution in [3.63, 3.8) is 0 Å². The number of aliphatic carboxylic acids is 1. The second-order valence-electron chi connectivity index (χ2n) is 7.31. The van der Waals surface area contributed by atoms with Gasteiger partial charge in [0.1, 0.15) is 6.10 Å². The van der Waals surface area contributed by atoms with Crippen molar-refractivity contribution in [2.75, 3.05) is 6.61 Å². The Labute approximate surface area is 165 Å². The first kappa shape index (κ1) is 22.1. The number of hydrogen-bond donors (Lipinski definition) is 3. The molecular weight excluding hydrogens is 360 g/mol. The molecule has 6 nitrogen and oxygen atoms in total. The molecule has 1 aromatic carbocycles. The minimum absolute atomic E-state index is 0.161. The normalized spacial score (nSPS) is 24.5. The number of allylic oxidation sites excluding steroid dienone is 1. The highest BCUT2D eigenvalue weighted by Crippen LogP contribution is 2.38. The van der Waals surface area contributed by atoms with Crippen molar-refractivity contribution in [3.8, 4) is 0 Å². The van der Waals surface area contributed by atoms with Crippen LogP contribution in [0.5, 0.6) is 0 Å². The summed E-state index contributed by atoms with van der Waals surface area (Å²) in [5.41, 5.74) is 0.435. The van der Waals surface area contributed by atoms with E-state index in [9.17, 15) is 19.8 Å². The van der Waals surface area contributed by atoms with E-state index in [0.717, 1.165) is 32.1 Å². The second-order valence-corrected chi connectivity index (χ2v) is 7.31. The van der Waals surface area contributed by atoms with Crippen LogP contribution in [0.15, 0.2) is 42.5 Å². The van der Waals surface area contributed by atoms with Crippen molar-refractivity contribution < 1.29 is 29.6 Å². The lowest BCUT2D eigenvalue weighted by atomic mass is 9.90. The highest BCUT2D eigenvalue weighted by atomic mass is 16.5. The summed E-state index contributed by atoms with van der Waals surface area (Å²) in [4.78, 5) is 23.6. The highest BCUT2D eigenvalue weighted by molar-refractivity contribution is 5.89. The Hall–Kier alpha value is -2.18. The highest BCUT2D eigenvalue weighted by Gasteiger charge is 2.44. The van der Waals surface area contributed by atoms with Gasteiger partial charge in [0, 0.05) is 24.9 Å². The second kappa shape index (κ2) is 11.6. The van der Waals surface area contributed by atoms with E-state index in [1.807, 2.05) is 18.2 Å². The summed E-state index contributed by atoms with van der Waals surface area (Å²) >= 11 is 0. The van der Waals surface area contributed by atoms with Crippen LogP contribution < -0.4 is 0 Å². The molecule has 0 aliphatic heterocycles. The van der Waals surface area contributed by atoms with Crippen molar-refractivity contribution in [2.45, 2.75) is 57.2 Å². The monoisotopic (exact) mass is 390 g/mol. The van der Waals surface area contributed by atoms with E-state index in [2.05, 4.69) is 0 Å². The summed E-state index contributed by atoms with van der Waals surface area (Å²) < 4.78 is 5.63. The van der Waals surface area contributed by atoms with Crippen LogP contribution in [0.1, 0.15) is 55.3 Å². The Balaban J connectivity index is 2.00. The molecule has 28 heavy (non-hydrogen) atoms. The van der Waals surface area contributed by atoms with E-state index >= 15 is 0 Å². The molecule has 4 atom stereocenters. The van der Waals surface area contributed by atoms with Gasteiger partial charge in [0.05, 0.1) is 18.1 Å². The minimum atomic E-state index is -0.971. The fraction of sp³-hybridized carbons (Fsp3) is 0.545. The van der Waals surface area contributed by atoms with Crippen LogP contribution in [0.2, 0.25) is 0 Å². The molecule has 1 fully saturated rings. The van der Waals surface area contributed by atoms with E-state index in [4.69, 9.17) is 9.84 Å². The molecule has 0 unspecified atom stereocenters. The topological polar surface area (TPSA) is 104 Å². The largest absolute Gasteiger partial charge is 0.481 e. The first-order chi connectivity index (χ1) is 13.5. The third kappa shape index (κ3) is 6.77. The van der Waals surface area contributed by atoms with E-state index in [1.54, 1.807) is 24.3 Å². The maximum Gasteiger partial charge on any atom is 0.338 e. The third-order valence-electron chi connectivity index (χ3n) is 5.21. The van der Waals surface area contributed by atoms with Gasteiger partial charge in [0.2, 0.25) is 0 Å². The molecule has 1 aromatic rings. The van der Waals surface area contributed by atoms with Crippen LogP contribution >= 0.6 is 0 Å². The fourth-order valence-electron chi connectivity index (χ4n) is 3.73. The molecule has 0 bridgehead atoms. The van der Waals surface area contributed by atoms with Crippen molar-refractivity contribution in [3.05, 3.63) is 48.0 Å². The predicted octanol–water partition coefficient (Wildman–Crippen LogP) is 3.18. The summed E-state index contributed by atoms with van der Waals surface area (Å²) in [7, 11) is 0. The fourth-order valence-corrected chi connectivity index (χ4v) is 3.73. The van der Waals surface area contributed by atoms with Gasteiger partial charge in [-0.25, -0.2) is 4.79 Å². The van der Waals surface area contributed by atoms with E-state index in [0.29, 0.717) is 5.56 Å². The van der Waals surface area contributed by atoms with Crippen LogP contribution in [0.25, 0.3) is 0 Å². The Morgan fingerprint density at radius 3 is 2.50 bits per heavy atom. The van der Waals surface area contributed by atoms with Crippen molar-refractivity contribution in [2.24, 2.45) is 11.8 Å². The molecule has 3 N–H and O–H groups in total. The molecule has 2 rings (SSSR count). The van der Waals surface area contributed by atoms with Crippen LogP contribution in [0, 0.1) is 11.8 Å². The number of carbonyl (C=O) groups excluding carboxylic acids is 1. The number of hydrogen-bond acceptors (Lipinski definition) is 5. The first-order valence-corrected chi connectivity index (χ1v) is 9.96. The Bertz CT molecular complexity index is 642. The smallest absolute Gasteiger partial charge is 0.338 e. The number of esters is 1. The molecule has 1 aliphatic rings. The molecule has 0 spiro atoms. The maximum atomic E-state index is 12.4. The molecule has 0 radical (unpaired) electrons. The van der Waals surface area contributed by atoms with Gasteiger partial charge in [-0.15, -0.1) is 0 Å². The molecule has 6 heteroatoms. The zero-order valence-electron chi connectivity index (χ0n) is 16.1. The average Bonchev–Trinajstić information content (AvgIpc) is 2.95. The van der Waals surface area contributed by atoms with Crippen LogP contribution in [0.4, 0.5) is 0 Å². The average molecular weight is 390 g/mol. The van der Waals surface area contributed by atoms with E-state index in [1.165, 1.54) is 0 Å². The molecule has 0 heterocycles. The third-order valence-corrected chi connectivity index (χ3v) is 5.21. The van der Waals surface area contributed by atoms with Gasteiger partial charge in [-0.2, -0.15) is 0 Å². The van der Waals surface area contributed by atoms with Gasteiger partial charge in [0.25, 0.3) is 0 Å². The number of carbonyl (C=O) groups is 2. The quantitative estimate of drug-likeness (QED) is 0.305. The number of aliphatic hydroxyl groups is 2. The summed E-state index contributed by atoms with van der Waals surface area (Å²) in [6, 6.07) is 8.65. The lowest BCUT2D eigenvalue weighted by molar-refractivity contribution is -0.139. The van der Waals surface area contributed by atoms with Gasteiger partial charge in [-0.05, 0) is 31.4 Å². The lowest BCUT2D eigenvalue weighted by Crippen LogP contribution is -2.26. The number of ether oxygens (including phenoxy) is 1. The van der Waals surface area contributed by atoms with Gasteiger partial charge in [0.15, 0.2) is 0 Å². The molecule has 1 aliphatic carbocycles. The standard InChI is InChI=1S/C22H30O6/c23-13-9-4-2-1-3-8-12-17-18(14-21(25)26)19(24)15-20(17)28-22(27)16-10-6-5-7-11-16/h5-8,10-12,17-20,23-24H,1-4,9,13-15H2,(H,25,26)/t17-,18-,19+,20-/m0/s1. The molecule has 1 saturated carbocycles. The lowest BCUT2D eigenvalue weighted by Gasteiger charge is -2.21. The number of unbranched alkanes of at least 4 members (excludes halogenated alkanes) is 4. The summed E-state index contributed by atoms with van der Waals surface area (Å²) in [5, 5.41) is 28.3. The zero-order valence-corrected chi connectivity index (χ0v) is 16.1. The van der Waals surface area contributed by atoms with Crippen molar-refractivity contribution in [1.82, 2.24) is 0 Å². The minimum Gasteiger partial charge on any atom is -0.481 e. The molecule has 0 amide bonds. The Morgan fingerprint density at radius 1 is 1.11 bits per heavy atom. The van der Waals surface area contributed by atoms with Gasteiger partial charge >= 0.3 is 11.9 Å². The Morgan fingerprint density at radius 2 is 1.82 bits per heavy atom. The van der Waals surface area contributed by atoms with Crippen molar-refractivity contribution >= 4 is 11.9 Å². The van der Waals surface area contributed by atoms with Gasteiger partial charge in [-0.1, -0.05) is 43.2 Å². The molecule has 0 saturated heterocycles. The first-order valence-electron chi connectivity index (χ1n) is 9.96. The molecular formula is C22H30O6. The van der Waals surface area contributed by atoms with Crippen LogP contribution in [-0.4, -0.2) is 46.1 Å². The summed E-state index contributed by atoms with van der Waals surface area (Å²) in [6.07, 6.45) is 7.21. The van der Waals surface area contributed by atoms with Gasteiger partial charge in [-0.3, -0.25) is 4.79 Å². The zero-order chi connectivity index (χ0) is 20.4. The number of carboxylic acid groups (broad SMARTS) is 1. The SMILES string of the molecule is O=C(O)C[C@H]1[C@H](C=CCCCCCCO)[C@@H](OC(=O)c2ccccc2)C[C@H]1O. The summed E-state index contributed by atoms with van der Waals surface area (Å²) in [6.45, 7) is 0.209. The van der Waals surface area contributed by atoms with E-state index < -0.39 is 30.1 Å². The number of aliphatic hydroxyl groups excluding tert-OH is 2.